The van der Waals surface area contributed by atoms with Crippen LogP contribution in [0.1, 0.15) is 27.0 Å². The number of methoxy groups -OCH3 is 1. The maximum absolute atomic E-state index is 12.7. The minimum Gasteiger partial charge on any atom is -0.497 e. The summed E-state index contributed by atoms with van der Waals surface area (Å²) in [5.74, 6) is -1.29. The standard InChI is InChI=1S/C25H25N3O4/c1-17-8-3-4-10-19(17)16-27-24(30)25(31)28-22-13-6-5-12-21(22)23(29)26-15-18-9-7-11-20(14-18)32-2/h3-14H,15-16H2,1-2H3,(H,26,29)(H,27,30)(H,28,31). The molecule has 7 heteroatoms. The van der Waals surface area contributed by atoms with Gasteiger partial charge in [0.2, 0.25) is 0 Å². The fourth-order valence-corrected chi connectivity index (χ4v) is 3.09. The topological polar surface area (TPSA) is 96.5 Å². The van der Waals surface area contributed by atoms with Gasteiger partial charge >= 0.3 is 11.8 Å². The van der Waals surface area contributed by atoms with E-state index < -0.39 is 11.8 Å². The molecule has 3 aromatic carbocycles. The van der Waals surface area contributed by atoms with Crippen LogP contribution in [0.3, 0.4) is 0 Å². The molecule has 0 unspecified atom stereocenters. The van der Waals surface area contributed by atoms with Crippen LogP contribution in [0.2, 0.25) is 0 Å². The first-order valence-corrected chi connectivity index (χ1v) is 10.1. The fraction of sp³-hybridized carbons (Fsp3) is 0.160. The molecule has 0 spiro atoms. The lowest BCUT2D eigenvalue weighted by molar-refractivity contribution is -0.136. The fourth-order valence-electron chi connectivity index (χ4n) is 3.09. The third kappa shape index (κ3) is 5.95. The van der Waals surface area contributed by atoms with E-state index in [-0.39, 0.29) is 30.2 Å². The lowest BCUT2D eigenvalue weighted by Gasteiger charge is -2.12. The third-order valence-corrected chi connectivity index (χ3v) is 4.91. The van der Waals surface area contributed by atoms with Crippen LogP contribution >= 0.6 is 0 Å². The summed E-state index contributed by atoms with van der Waals surface area (Å²) in [6.07, 6.45) is 0. The van der Waals surface area contributed by atoms with Crippen molar-refractivity contribution >= 4 is 23.4 Å². The first-order chi connectivity index (χ1) is 15.5. The second-order valence-electron chi connectivity index (χ2n) is 7.14. The number of carbonyl (C=O) groups excluding carboxylic acids is 3. The van der Waals surface area contributed by atoms with E-state index in [1.165, 1.54) is 0 Å². The van der Waals surface area contributed by atoms with E-state index in [4.69, 9.17) is 4.74 Å². The molecule has 0 atom stereocenters. The van der Waals surface area contributed by atoms with Crippen LogP contribution in [0.4, 0.5) is 5.69 Å². The van der Waals surface area contributed by atoms with E-state index in [2.05, 4.69) is 16.0 Å². The molecule has 3 N–H and O–H groups in total. The second-order valence-corrected chi connectivity index (χ2v) is 7.14. The SMILES string of the molecule is COc1cccc(CNC(=O)c2ccccc2NC(=O)C(=O)NCc2ccccc2C)c1. The van der Waals surface area contributed by atoms with Crippen LogP contribution in [0.15, 0.2) is 72.8 Å². The number of hydrogen-bond donors (Lipinski definition) is 3. The van der Waals surface area contributed by atoms with Crippen molar-refractivity contribution in [2.75, 3.05) is 12.4 Å². The van der Waals surface area contributed by atoms with Crippen molar-refractivity contribution in [1.29, 1.82) is 0 Å². The Kier molecular flexibility index (Phi) is 7.59. The van der Waals surface area contributed by atoms with Crippen molar-refractivity contribution < 1.29 is 19.1 Å². The van der Waals surface area contributed by atoms with Gasteiger partial charge in [-0.3, -0.25) is 14.4 Å². The molecule has 7 nitrogen and oxygen atoms in total. The maximum atomic E-state index is 12.7. The zero-order valence-corrected chi connectivity index (χ0v) is 18.0. The summed E-state index contributed by atoms with van der Waals surface area (Å²) in [7, 11) is 1.58. The van der Waals surface area contributed by atoms with Crippen LogP contribution < -0.4 is 20.7 Å². The van der Waals surface area contributed by atoms with E-state index in [1.807, 2.05) is 55.5 Å². The molecule has 0 bridgehead atoms. The summed E-state index contributed by atoms with van der Waals surface area (Å²) in [5, 5.41) is 7.95. The smallest absolute Gasteiger partial charge is 0.313 e. The van der Waals surface area contributed by atoms with Gasteiger partial charge in [-0.05, 0) is 47.9 Å². The summed E-state index contributed by atoms with van der Waals surface area (Å²) in [6.45, 7) is 2.46. The Hall–Kier alpha value is -4.13. The number of anilines is 1. The van der Waals surface area contributed by atoms with Gasteiger partial charge in [0, 0.05) is 13.1 Å². The molecular formula is C25H25N3O4. The number of para-hydroxylation sites is 1. The number of aryl methyl sites for hydroxylation is 1. The highest BCUT2D eigenvalue weighted by atomic mass is 16.5. The number of carbonyl (C=O) groups is 3. The van der Waals surface area contributed by atoms with Gasteiger partial charge in [0.1, 0.15) is 5.75 Å². The predicted molar refractivity (Wildman–Crippen MR) is 122 cm³/mol. The second kappa shape index (κ2) is 10.8. The molecule has 0 aliphatic heterocycles. The van der Waals surface area contributed by atoms with Crippen LogP contribution in [-0.4, -0.2) is 24.8 Å². The highest BCUT2D eigenvalue weighted by Gasteiger charge is 2.18. The molecule has 164 valence electrons. The summed E-state index contributed by atoms with van der Waals surface area (Å²) < 4.78 is 5.19. The molecule has 3 rings (SSSR count). The zero-order chi connectivity index (χ0) is 22.9. The van der Waals surface area contributed by atoms with Crippen molar-refractivity contribution in [1.82, 2.24) is 10.6 Å². The number of nitrogens with one attached hydrogen (secondary N) is 3. The van der Waals surface area contributed by atoms with Crippen LogP contribution in [0, 0.1) is 6.92 Å². The normalized spacial score (nSPS) is 10.2. The Morgan fingerprint density at radius 3 is 2.34 bits per heavy atom. The Morgan fingerprint density at radius 1 is 0.812 bits per heavy atom. The highest BCUT2D eigenvalue weighted by molar-refractivity contribution is 6.40. The molecular weight excluding hydrogens is 406 g/mol. The molecule has 32 heavy (non-hydrogen) atoms. The number of ether oxygens (including phenoxy) is 1. The van der Waals surface area contributed by atoms with Gasteiger partial charge in [-0.15, -0.1) is 0 Å². The highest BCUT2D eigenvalue weighted by Crippen LogP contribution is 2.16. The lowest BCUT2D eigenvalue weighted by atomic mass is 10.1. The van der Waals surface area contributed by atoms with Gasteiger partial charge in [0.05, 0.1) is 18.4 Å². The van der Waals surface area contributed by atoms with Crippen molar-refractivity contribution in [2.45, 2.75) is 20.0 Å². The van der Waals surface area contributed by atoms with E-state index >= 15 is 0 Å². The molecule has 0 saturated heterocycles. The van der Waals surface area contributed by atoms with E-state index in [1.54, 1.807) is 31.4 Å². The summed E-state index contributed by atoms with van der Waals surface area (Å²) in [4.78, 5) is 37.3. The average molecular weight is 431 g/mol. The Bertz CT molecular complexity index is 1130. The first kappa shape index (κ1) is 22.6. The monoisotopic (exact) mass is 431 g/mol. The van der Waals surface area contributed by atoms with E-state index in [0.717, 1.165) is 16.7 Å². The van der Waals surface area contributed by atoms with Gasteiger partial charge < -0.3 is 20.7 Å². The van der Waals surface area contributed by atoms with E-state index in [0.29, 0.717) is 5.75 Å². The predicted octanol–water partition coefficient (Wildman–Crippen LogP) is 3.19. The van der Waals surface area contributed by atoms with Gasteiger partial charge in [-0.1, -0.05) is 48.5 Å². The molecule has 0 fully saturated rings. The van der Waals surface area contributed by atoms with Crippen molar-refractivity contribution in [2.24, 2.45) is 0 Å². The van der Waals surface area contributed by atoms with Gasteiger partial charge in [-0.25, -0.2) is 0 Å². The van der Waals surface area contributed by atoms with Gasteiger partial charge in [0.15, 0.2) is 0 Å². The zero-order valence-electron chi connectivity index (χ0n) is 18.0. The third-order valence-electron chi connectivity index (χ3n) is 4.91. The average Bonchev–Trinajstić information content (AvgIpc) is 2.82. The maximum Gasteiger partial charge on any atom is 0.313 e. The van der Waals surface area contributed by atoms with Gasteiger partial charge in [-0.2, -0.15) is 0 Å². The summed E-state index contributed by atoms with van der Waals surface area (Å²) in [6, 6.07) is 21.5. The van der Waals surface area contributed by atoms with Gasteiger partial charge in [0.25, 0.3) is 5.91 Å². The number of hydrogen-bond acceptors (Lipinski definition) is 4. The minimum atomic E-state index is -0.841. The Morgan fingerprint density at radius 2 is 1.56 bits per heavy atom. The molecule has 3 aromatic rings. The minimum absolute atomic E-state index is 0.238. The number of amides is 3. The summed E-state index contributed by atoms with van der Waals surface area (Å²) in [5.41, 5.74) is 3.33. The molecule has 0 aliphatic rings. The quantitative estimate of drug-likeness (QED) is 0.501. The van der Waals surface area contributed by atoms with E-state index in [9.17, 15) is 14.4 Å². The summed E-state index contributed by atoms with van der Waals surface area (Å²) >= 11 is 0. The first-order valence-electron chi connectivity index (χ1n) is 10.1. The Labute approximate surface area is 186 Å². The van der Waals surface area contributed by atoms with Crippen molar-refractivity contribution in [3.8, 4) is 5.75 Å². The number of benzene rings is 3. The van der Waals surface area contributed by atoms with Crippen LogP contribution in [0.25, 0.3) is 0 Å². The van der Waals surface area contributed by atoms with Crippen LogP contribution in [-0.2, 0) is 22.7 Å². The molecule has 0 aromatic heterocycles. The molecule has 0 radical (unpaired) electrons. The number of rotatable bonds is 7. The Balaban J connectivity index is 1.61. The lowest BCUT2D eigenvalue weighted by Crippen LogP contribution is -2.35. The largest absolute Gasteiger partial charge is 0.497 e. The molecule has 3 amide bonds. The van der Waals surface area contributed by atoms with Crippen molar-refractivity contribution in [3.05, 3.63) is 95.1 Å². The molecule has 0 aliphatic carbocycles. The van der Waals surface area contributed by atoms with Crippen LogP contribution in [0.5, 0.6) is 5.75 Å². The van der Waals surface area contributed by atoms with Crippen molar-refractivity contribution in [3.63, 3.8) is 0 Å². The molecule has 0 saturated carbocycles. The molecule has 0 heterocycles.